The van der Waals surface area contributed by atoms with Gasteiger partial charge in [0.1, 0.15) is 0 Å². The quantitative estimate of drug-likeness (QED) is 0.277. The summed E-state index contributed by atoms with van der Waals surface area (Å²) in [7, 11) is 0. The summed E-state index contributed by atoms with van der Waals surface area (Å²) in [5.74, 6) is 0.595. The first-order valence-electron chi connectivity index (χ1n) is 4.40. The Labute approximate surface area is 144 Å². The predicted octanol–water partition coefficient (Wildman–Crippen LogP) is -5.59. The molecule has 2 rings (SSSR count). The molecule has 1 aromatic carbocycles. The van der Waals surface area contributed by atoms with Crippen molar-refractivity contribution in [1.29, 1.82) is 0 Å². The van der Waals surface area contributed by atoms with Crippen LogP contribution in [0.1, 0.15) is 37.8 Å². The van der Waals surface area contributed by atoms with Crippen LogP contribution in [0, 0.1) is 6.07 Å². The molecule has 86 valence electrons. The van der Waals surface area contributed by atoms with Crippen molar-refractivity contribution in [2.75, 3.05) is 0 Å². The van der Waals surface area contributed by atoms with E-state index in [0.717, 1.165) is 0 Å². The minimum atomic E-state index is 0. The van der Waals surface area contributed by atoms with Crippen LogP contribution in [0.3, 0.4) is 0 Å². The summed E-state index contributed by atoms with van der Waals surface area (Å²) in [5, 5.41) is 0. The first-order chi connectivity index (χ1) is 5.72. The van der Waals surface area contributed by atoms with Crippen LogP contribution in [-0.2, 0) is 21.7 Å². The van der Waals surface area contributed by atoms with Crippen molar-refractivity contribution in [1.82, 2.24) is 0 Å². The normalized spacial score (nSPS) is 16.1. The van der Waals surface area contributed by atoms with Gasteiger partial charge in [0.2, 0.25) is 0 Å². The average Bonchev–Trinajstić information content (AvgIpc) is 2.33. The van der Waals surface area contributed by atoms with E-state index in [0.29, 0.717) is 5.92 Å². The van der Waals surface area contributed by atoms with E-state index in [1.807, 2.05) is 6.07 Å². The summed E-state index contributed by atoms with van der Waals surface area (Å²) in [5.41, 5.74) is 5.67. The van der Waals surface area contributed by atoms with Crippen LogP contribution in [0.5, 0.6) is 0 Å². The molecule has 0 bridgehead atoms. The summed E-state index contributed by atoms with van der Waals surface area (Å²) < 4.78 is 0. The summed E-state index contributed by atoms with van der Waals surface area (Å²) in [6.07, 6.45) is 0. The molecule has 0 spiro atoms. The predicted molar refractivity (Wildman–Crippen MR) is 52.0 cm³/mol. The van der Waals surface area contributed by atoms with E-state index in [2.05, 4.69) is 39.0 Å². The van der Waals surface area contributed by atoms with Crippen LogP contribution in [0.2, 0.25) is 0 Å². The van der Waals surface area contributed by atoms with Gasteiger partial charge in [0.05, 0.1) is 0 Å². The van der Waals surface area contributed by atoms with Crippen LogP contribution in [-0.4, -0.2) is 0 Å². The van der Waals surface area contributed by atoms with Crippen molar-refractivity contribution in [3.8, 4) is 0 Å². The minimum absolute atomic E-state index is 0. The molecule has 1 unspecified atom stereocenters. The summed E-state index contributed by atoms with van der Waals surface area (Å²) in [6.45, 7) is 6.67. The van der Waals surface area contributed by atoms with Gasteiger partial charge in [-0.2, -0.15) is 0 Å². The fourth-order valence-electron chi connectivity index (χ4n) is 1.89. The molecule has 0 aromatic heterocycles. The Balaban J connectivity index is -0.000000422. The Morgan fingerprint density at radius 1 is 1.12 bits per heavy atom. The Kier molecular flexibility index (Phi) is 12.7. The van der Waals surface area contributed by atoms with Gasteiger partial charge in [0, 0.05) is 0 Å². The van der Waals surface area contributed by atoms with Crippen LogP contribution in [0.15, 0.2) is 23.8 Å². The Bertz CT molecular complexity index is 361. The number of hydrogen-bond donors (Lipinski definition) is 0. The van der Waals surface area contributed by atoms with Gasteiger partial charge in [-0.05, 0) is 5.92 Å². The van der Waals surface area contributed by atoms with Crippen molar-refractivity contribution in [2.45, 2.75) is 26.7 Å². The summed E-state index contributed by atoms with van der Waals surface area (Å²) >= 11 is 0. The fraction of sp³-hybridized carbons (Fsp3) is 0.333. The number of halogens is 3. The Morgan fingerprint density at radius 2 is 1.69 bits per heavy atom. The molecule has 0 heterocycles. The molecule has 1 aromatic rings. The van der Waals surface area contributed by atoms with E-state index in [1.54, 1.807) is 0 Å². The van der Waals surface area contributed by atoms with Gasteiger partial charge in [-0.1, -0.05) is 20.8 Å². The third-order valence-electron chi connectivity index (χ3n) is 2.97. The minimum Gasteiger partial charge on any atom is -1.00 e. The third kappa shape index (κ3) is 3.81. The first-order valence-corrected chi connectivity index (χ1v) is 4.40. The number of rotatable bonds is 0. The molecule has 1 aliphatic carbocycles. The molecule has 16 heavy (non-hydrogen) atoms. The molecule has 0 saturated carbocycles. The smallest absolute Gasteiger partial charge is 1.00 e. The van der Waals surface area contributed by atoms with E-state index in [4.69, 9.17) is 0 Å². The molecular formula is C12H13Br3Ti. The maximum atomic E-state index is 3.30. The topological polar surface area (TPSA) is 0 Å². The van der Waals surface area contributed by atoms with Crippen molar-refractivity contribution in [2.24, 2.45) is 0 Å². The molecule has 0 nitrogen and oxygen atoms in total. The van der Waals surface area contributed by atoms with Gasteiger partial charge in [-0.15, -0.1) is 46.5 Å². The van der Waals surface area contributed by atoms with Crippen LogP contribution in [0.4, 0.5) is 0 Å². The molecule has 0 amide bonds. The van der Waals surface area contributed by atoms with Gasteiger partial charge in [-0.3, -0.25) is 0 Å². The molecule has 1 atom stereocenters. The fourth-order valence-corrected chi connectivity index (χ4v) is 1.89. The number of benzene rings is 1. The molecule has 0 aliphatic heterocycles. The number of allylic oxidation sites excluding steroid dienone is 2. The van der Waals surface area contributed by atoms with E-state index in [9.17, 15) is 0 Å². The Hall–Kier alpha value is 1.11. The molecule has 0 N–H and O–H groups in total. The molecule has 0 fully saturated rings. The van der Waals surface area contributed by atoms with Crippen molar-refractivity contribution < 1.29 is 72.7 Å². The zero-order valence-corrected chi connectivity index (χ0v) is 15.8. The second-order valence-electron chi connectivity index (χ2n) is 3.53. The van der Waals surface area contributed by atoms with Crippen LogP contribution >= 0.6 is 0 Å². The standard InChI is InChI=1S/C12H13.3BrH.Ti/c1-8-9(2)11-6-4-5-7-12(11)10(8)3;;;;/h4-6,9H,1-3H3;3*1H;/q-1;;;;+4/p-3. The van der Waals surface area contributed by atoms with E-state index in [-0.39, 0.29) is 72.7 Å². The van der Waals surface area contributed by atoms with E-state index >= 15 is 0 Å². The molecule has 0 radical (unpaired) electrons. The van der Waals surface area contributed by atoms with Gasteiger partial charge in [0.15, 0.2) is 0 Å². The van der Waals surface area contributed by atoms with Crippen molar-refractivity contribution >= 4 is 5.57 Å². The monoisotopic (exact) mass is 442 g/mol. The van der Waals surface area contributed by atoms with Crippen LogP contribution < -0.4 is 50.9 Å². The van der Waals surface area contributed by atoms with Gasteiger partial charge in [0.25, 0.3) is 0 Å². The molecule has 4 heteroatoms. The largest absolute Gasteiger partial charge is 4.00 e. The van der Waals surface area contributed by atoms with Gasteiger partial charge < -0.3 is 50.9 Å². The maximum absolute atomic E-state index is 3.30. The molecular weight excluding hydrogens is 432 g/mol. The summed E-state index contributed by atoms with van der Waals surface area (Å²) in [6, 6.07) is 9.57. The zero-order valence-electron chi connectivity index (χ0n) is 9.44. The Morgan fingerprint density at radius 3 is 2.19 bits per heavy atom. The molecule has 0 saturated heterocycles. The van der Waals surface area contributed by atoms with Gasteiger partial charge in [-0.25, -0.2) is 0 Å². The van der Waals surface area contributed by atoms with Gasteiger partial charge >= 0.3 is 21.7 Å². The third-order valence-corrected chi connectivity index (χ3v) is 2.97. The zero-order chi connectivity index (χ0) is 8.72. The average molecular weight is 445 g/mol. The van der Waals surface area contributed by atoms with Crippen molar-refractivity contribution in [3.63, 3.8) is 0 Å². The number of fused-ring (bicyclic) bond motifs is 1. The molecule has 1 aliphatic rings. The van der Waals surface area contributed by atoms with Crippen LogP contribution in [0.25, 0.3) is 5.57 Å². The number of hydrogen-bond acceptors (Lipinski definition) is 0. The van der Waals surface area contributed by atoms with Crippen molar-refractivity contribution in [3.05, 3.63) is 41.0 Å². The maximum Gasteiger partial charge on any atom is 4.00 e. The second kappa shape index (κ2) is 9.10. The summed E-state index contributed by atoms with van der Waals surface area (Å²) in [4.78, 5) is 0. The second-order valence-corrected chi connectivity index (χ2v) is 3.53. The van der Waals surface area contributed by atoms with E-state index < -0.39 is 0 Å². The van der Waals surface area contributed by atoms with E-state index in [1.165, 1.54) is 22.3 Å². The first kappa shape index (κ1) is 22.3. The SMILES string of the molecule is CC1=C(C)C(C)c2ccc[c-]c21.[Br-].[Br-].[Br-].[Ti+4].